The maximum Gasteiger partial charge on any atom is 0.499 e. The third-order valence-corrected chi connectivity index (χ3v) is 0.413. The Balaban J connectivity index is 3.26. The van der Waals surface area contributed by atoms with E-state index >= 15 is 0 Å². The van der Waals surface area contributed by atoms with E-state index in [1.807, 2.05) is 0 Å². The molecule has 0 aromatic carbocycles. The minimum Gasteiger partial charge on any atom is -0.301 e. The lowest BCUT2D eigenvalue weighted by Gasteiger charge is -1.96. The molecule has 8 heteroatoms. The normalized spacial score (nSPS) is 11.9. The Bertz CT molecular complexity index is 88.6. The number of hydrogen-bond donors (Lipinski definition) is 3. The molecule has 0 aliphatic rings. The van der Waals surface area contributed by atoms with Gasteiger partial charge in [0.1, 0.15) is 0 Å². The molecule has 50 valence electrons. The summed E-state index contributed by atoms with van der Waals surface area (Å²) in [5.41, 5.74) is 0. The molecule has 0 atom stereocenters. The topological polar surface area (TPSA) is 105 Å². The van der Waals surface area contributed by atoms with Gasteiger partial charge in [-0.2, -0.15) is 0 Å². The van der Waals surface area contributed by atoms with Gasteiger partial charge in [0.15, 0.2) is 0 Å². The van der Waals surface area contributed by atoms with Crippen molar-refractivity contribution in [2.75, 3.05) is 0 Å². The fraction of sp³-hybridized carbons (Fsp3) is 0. The minimum atomic E-state index is -4.69. The average Bonchev–Trinajstić information content (AvgIpc) is 1.59. The van der Waals surface area contributed by atoms with E-state index in [4.69, 9.17) is 15.0 Å². The molecule has 0 heterocycles. The summed E-state index contributed by atoms with van der Waals surface area (Å²) in [6.07, 6.45) is 0. The van der Waals surface area contributed by atoms with E-state index in [0.29, 0.717) is 0 Å². The second-order valence-corrected chi connectivity index (χ2v) is 1.84. The molecular weight excluding hydrogens is 143 g/mol. The number of phosphoric acid groups is 1. The Hall–Kier alpha value is -0.0100. The highest BCUT2D eigenvalue weighted by Crippen LogP contribution is 2.35. The standard InChI is InChI=1S/H3O7P/c1-5-6-7-8(2,3)4/h1H,(H2,2,3,4). The van der Waals surface area contributed by atoms with Gasteiger partial charge in [-0.3, -0.25) is 0 Å². The molecule has 7 nitrogen and oxygen atoms in total. The van der Waals surface area contributed by atoms with E-state index in [2.05, 4.69) is 14.8 Å². The number of hydrogen-bond acceptors (Lipinski definition) is 5. The monoisotopic (exact) mass is 146 g/mol. The molecule has 0 aliphatic heterocycles. The average molecular weight is 146 g/mol. The van der Waals surface area contributed by atoms with Crippen LogP contribution in [0.1, 0.15) is 0 Å². The van der Waals surface area contributed by atoms with Crippen LogP contribution >= 0.6 is 7.82 Å². The quantitative estimate of drug-likeness (QED) is 0.278. The highest BCUT2D eigenvalue weighted by molar-refractivity contribution is 7.46. The molecule has 3 N–H and O–H groups in total. The summed E-state index contributed by atoms with van der Waals surface area (Å²) in [7, 11) is -4.69. The molecule has 0 aliphatic carbocycles. The summed E-state index contributed by atoms with van der Waals surface area (Å²) in [6, 6.07) is 0. The Morgan fingerprint density at radius 2 is 1.88 bits per heavy atom. The first-order chi connectivity index (χ1) is 3.56. The van der Waals surface area contributed by atoms with Crippen LogP contribution in [0.2, 0.25) is 0 Å². The van der Waals surface area contributed by atoms with Crippen molar-refractivity contribution in [3.63, 3.8) is 0 Å². The smallest absolute Gasteiger partial charge is 0.301 e. The Morgan fingerprint density at radius 1 is 1.38 bits per heavy atom. The zero-order chi connectivity index (χ0) is 6.62. The molecule has 0 rings (SSSR count). The Morgan fingerprint density at radius 3 is 2.00 bits per heavy atom. The molecule has 8 heavy (non-hydrogen) atoms. The third kappa shape index (κ3) is 5.99. The molecule has 0 aromatic heterocycles. The van der Waals surface area contributed by atoms with Crippen molar-refractivity contribution in [2.45, 2.75) is 0 Å². The molecule has 0 unspecified atom stereocenters. The highest BCUT2D eigenvalue weighted by Gasteiger charge is 2.15. The highest BCUT2D eigenvalue weighted by atomic mass is 31.2. The van der Waals surface area contributed by atoms with Crippen molar-refractivity contribution in [2.24, 2.45) is 0 Å². The van der Waals surface area contributed by atoms with Gasteiger partial charge in [0.05, 0.1) is 0 Å². The lowest BCUT2D eigenvalue weighted by atomic mass is 14.4. The molecular formula is H3O7P. The maximum absolute atomic E-state index is 9.55. The first kappa shape index (κ1) is 7.99. The third-order valence-electron chi connectivity index (χ3n) is 0.158. The summed E-state index contributed by atoms with van der Waals surface area (Å²) >= 11 is 0. The molecule has 0 radical (unpaired) electrons. The van der Waals surface area contributed by atoms with Crippen LogP contribution in [0.3, 0.4) is 0 Å². The Labute approximate surface area is 43.4 Å². The molecule has 0 aromatic rings. The zero-order valence-corrected chi connectivity index (χ0v) is 4.32. The second-order valence-electron chi connectivity index (χ2n) is 0.708. The van der Waals surface area contributed by atoms with Crippen molar-refractivity contribution < 1.29 is 34.4 Å². The van der Waals surface area contributed by atoms with Crippen molar-refractivity contribution in [1.29, 1.82) is 0 Å². The van der Waals surface area contributed by atoms with E-state index in [1.54, 1.807) is 0 Å². The van der Waals surface area contributed by atoms with E-state index < -0.39 is 7.82 Å². The molecule has 0 saturated carbocycles. The summed E-state index contributed by atoms with van der Waals surface area (Å²) in [6.45, 7) is 0. The van der Waals surface area contributed by atoms with Gasteiger partial charge in [0.25, 0.3) is 0 Å². The van der Waals surface area contributed by atoms with Crippen molar-refractivity contribution in [3.8, 4) is 0 Å². The van der Waals surface area contributed by atoms with Gasteiger partial charge in [0, 0.05) is 0 Å². The summed E-state index contributed by atoms with van der Waals surface area (Å²) in [5, 5.41) is 12.9. The van der Waals surface area contributed by atoms with Gasteiger partial charge in [-0.25, -0.2) is 9.82 Å². The van der Waals surface area contributed by atoms with Crippen molar-refractivity contribution in [1.82, 2.24) is 0 Å². The van der Waals surface area contributed by atoms with E-state index in [-0.39, 0.29) is 0 Å². The number of rotatable bonds is 3. The SMILES string of the molecule is O=P(O)(O)OOOO. The minimum absolute atomic E-state index is 2.70. The fourth-order valence-electron chi connectivity index (χ4n) is 0.0532. The van der Waals surface area contributed by atoms with Crippen LogP contribution in [0, 0.1) is 0 Å². The summed E-state index contributed by atoms with van der Waals surface area (Å²) in [4.78, 5) is 15.4. The second kappa shape index (κ2) is 3.10. The largest absolute Gasteiger partial charge is 0.499 e. The van der Waals surface area contributed by atoms with Gasteiger partial charge in [-0.05, 0) is 10.1 Å². The van der Waals surface area contributed by atoms with Gasteiger partial charge in [0.2, 0.25) is 0 Å². The fourth-order valence-corrected chi connectivity index (χ4v) is 0.160. The maximum atomic E-state index is 9.55. The van der Waals surface area contributed by atoms with Crippen LogP contribution in [0.4, 0.5) is 0 Å². The zero-order valence-electron chi connectivity index (χ0n) is 3.42. The van der Waals surface area contributed by atoms with Crippen LogP contribution in [0.25, 0.3) is 0 Å². The predicted octanol–water partition coefficient (Wildman–Crippen LogP) is -0.568. The predicted molar refractivity (Wildman–Crippen MR) is 17.9 cm³/mol. The van der Waals surface area contributed by atoms with Gasteiger partial charge in [-0.15, -0.1) is 0 Å². The molecule has 0 fully saturated rings. The van der Waals surface area contributed by atoms with Gasteiger partial charge in [-0.1, -0.05) is 4.67 Å². The van der Waals surface area contributed by atoms with Crippen molar-refractivity contribution >= 4 is 7.82 Å². The lowest BCUT2D eigenvalue weighted by Crippen LogP contribution is -1.89. The van der Waals surface area contributed by atoms with E-state index in [1.165, 1.54) is 0 Å². The van der Waals surface area contributed by atoms with E-state index in [9.17, 15) is 4.57 Å². The van der Waals surface area contributed by atoms with Crippen molar-refractivity contribution in [3.05, 3.63) is 0 Å². The lowest BCUT2D eigenvalue weighted by molar-refractivity contribution is -0.598. The van der Waals surface area contributed by atoms with Crippen LogP contribution in [0.15, 0.2) is 0 Å². The van der Waals surface area contributed by atoms with Crippen LogP contribution < -0.4 is 0 Å². The first-order valence-corrected chi connectivity index (χ1v) is 2.81. The molecule has 0 bridgehead atoms. The Kier molecular flexibility index (Phi) is 3.10. The van der Waals surface area contributed by atoms with E-state index in [0.717, 1.165) is 0 Å². The van der Waals surface area contributed by atoms with Gasteiger partial charge >= 0.3 is 7.82 Å². The molecule has 0 amide bonds. The van der Waals surface area contributed by atoms with Crippen LogP contribution in [-0.2, 0) is 19.3 Å². The first-order valence-electron chi connectivity index (χ1n) is 1.28. The molecule has 0 saturated heterocycles. The summed E-state index contributed by atoms with van der Waals surface area (Å²) in [5.74, 6) is 0. The van der Waals surface area contributed by atoms with Crippen LogP contribution in [-0.4, -0.2) is 15.0 Å². The van der Waals surface area contributed by atoms with Crippen LogP contribution in [0.5, 0.6) is 0 Å². The van der Waals surface area contributed by atoms with Gasteiger partial charge < -0.3 is 9.79 Å². The molecule has 0 spiro atoms. The summed E-state index contributed by atoms with van der Waals surface area (Å²) < 4.78 is 12.6.